The van der Waals surface area contributed by atoms with E-state index in [1.807, 2.05) is 0 Å². The van der Waals surface area contributed by atoms with Crippen LogP contribution in [0.1, 0.15) is 57.8 Å². The number of rotatable bonds is 1. The molecular formula is C16H27F3N2. The molecule has 1 heterocycles. The minimum atomic E-state index is -4.01. The second-order valence-corrected chi connectivity index (χ2v) is 7.21. The second-order valence-electron chi connectivity index (χ2n) is 7.21. The molecule has 2 aliphatic carbocycles. The van der Waals surface area contributed by atoms with E-state index < -0.39 is 12.1 Å². The van der Waals surface area contributed by atoms with Crippen LogP contribution >= 0.6 is 0 Å². The summed E-state index contributed by atoms with van der Waals surface area (Å²) in [6.45, 7) is 2.82. The van der Waals surface area contributed by atoms with Crippen molar-refractivity contribution >= 4 is 0 Å². The molecule has 0 radical (unpaired) electrons. The Morgan fingerprint density at radius 1 is 1.00 bits per heavy atom. The van der Waals surface area contributed by atoms with Gasteiger partial charge in [0.15, 0.2) is 0 Å². The summed E-state index contributed by atoms with van der Waals surface area (Å²) >= 11 is 0. The van der Waals surface area contributed by atoms with E-state index in [-0.39, 0.29) is 11.6 Å². The van der Waals surface area contributed by atoms with E-state index in [2.05, 4.69) is 10.2 Å². The third kappa shape index (κ3) is 3.24. The predicted molar refractivity (Wildman–Crippen MR) is 77.2 cm³/mol. The van der Waals surface area contributed by atoms with Crippen LogP contribution in [0.2, 0.25) is 0 Å². The van der Waals surface area contributed by atoms with Gasteiger partial charge in [0.05, 0.1) is 5.92 Å². The number of hydrogen-bond acceptors (Lipinski definition) is 2. The van der Waals surface area contributed by atoms with Crippen LogP contribution in [0, 0.1) is 5.92 Å². The third-order valence-corrected chi connectivity index (χ3v) is 5.93. The summed E-state index contributed by atoms with van der Waals surface area (Å²) < 4.78 is 39.3. The quantitative estimate of drug-likeness (QED) is 0.794. The molecule has 0 aromatic rings. The lowest BCUT2D eigenvalue weighted by atomic mass is 9.75. The second kappa shape index (κ2) is 6.07. The summed E-state index contributed by atoms with van der Waals surface area (Å²) in [4.78, 5) is 2.49. The van der Waals surface area contributed by atoms with Crippen molar-refractivity contribution < 1.29 is 13.2 Å². The van der Waals surface area contributed by atoms with Crippen LogP contribution in [0.3, 0.4) is 0 Å². The molecule has 1 spiro atoms. The van der Waals surface area contributed by atoms with Gasteiger partial charge in [-0.1, -0.05) is 25.7 Å². The topological polar surface area (TPSA) is 15.3 Å². The summed E-state index contributed by atoms with van der Waals surface area (Å²) in [5.74, 6) is -1.08. The highest BCUT2D eigenvalue weighted by atomic mass is 19.4. The van der Waals surface area contributed by atoms with E-state index in [4.69, 9.17) is 0 Å². The monoisotopic (exact) mass is 304 g/mol. The van der Waals surface area contributed by atoms with E-state index in [0.717, 1.165) is 45.3 Å². The van der Waals surface area contributed by atoms with E-state index >= 15 is 0 Å². The predicted octanol–water partition coefficient (Wildman–Crippen LogP) is 3.72. The highest BCUT2D eigenvalue weighted by Crippen LogP contribution is 2.43. The smallest absolute Gasteiger partial charge is 0.314 e. The van der Waals surface area contributed by atoms with Crippen LogP contribution in [0.5, 0.6) is 0 Å². The zero-order valence-electron chi connectivity index (χ0n) is 12.7. The summed E-state index contributed by atoms with van der Waals surface area (Å²) in [6, 6.07) is 0.144. The molecule has 3 rings (SSSR count). The molecule has 3 fully saturated rings. The van der Waals surface area contributed by atoms with Crippen molar-refractivity contribution in [1.82, 2.24) is 10.2 Å². The molecule has 0 aromatic carbocycles. The Labute approximate surface area is 125 Å². The highest BCUT2D eigenvalue weighted by Gasteiger charge is 2.48. The van der Waals surface area contributed by atoms with Gasteiger partial charge >= 0.3 is 6.18 Å². The minimum absolute atomic E-state index is 0.144. The maximum absolute atomic E-state index is 13.1. The number of alkyl halides is 3. The van der Waals surface area contributed by atoms with Gasteiger partial charge in [-0.15, -0.1) is 0 Å². The minimum Gasteiger partial charge on any atom is -0.314 e. The van der Waals surface area contributed by atoms with Crippen molar-refractivity contribution in [2.24, 2.45) is 5.92 Å². The van der Waals surface area contributed by atoms with Crippen molar-refractivity contribution in [3.05, 3.63) is 0 Å². The lowest BCUT2D eigenvalue weighted by molar-refractivity contribution is -0.190. The molecule has 0 aromatic heterocycles. The van der Waals surface area contributed by atoms with Crippen molar-refractivity contribution in [3.63, 3.8) is 0 Å². The molecule has 0 bridgehead atoms. The van der Waals surface area contributed by atoms with Gasteiger partial charge < -0.3 is 5.32 Å². The summed E-state index contributed by atoms with van der Waals surface area (Å²) in [5.41, 5.74) is 0.147. The van der Waals surface area contributed by atoms with E-state index in [1.54, 1.807) is 0 Å². The molecule has 2 atom stereocenters. The summed E-state index contributed by atoms with van der Waals surface area (Å²) in [6.07, 6.45) is 4.40. The van der Waals surface area contributed by atoms with Crippen molar-refractivity contribution in [2.45, 2.75) is 75.5 Å². The number of nitrogens with zero attached hydrogens (tertiary/aromatic N) is 1. The van der Waals surface area contributed by atoms with Crippen LogP contribution in [0.25, 0.3) is 0 Å². The standard InChI is InChI=1S/C16H27F3N2/c17-16(18,19)13-5-4-6-14(11-13)21-10-9-20-12-15(21)7-2-1-3-8-15/h13-14,20H,1-12H2. The molecule has 2 unspecified atom stereocenters. The zero-order valence-corrected chi connectivity index (χ0v) is 12.7. The molecule has 0 amide bonds. The Balaban J connectivity index is 1.73. The van der Waals surface area contributed by atoms with E-state index in [9.17, 15) is 13.2 Å². The first-order chi connectivity index (χ1) is 10.0. The molecule has 1 N–H and O–H groups in total. The van der Waals surface area contributed by atoms with Crippen LogP contribution in [-0.2, 0) is 0 Å². The first kappa shape index (κ1) is 15.6. The maximum Gasteiger partial charge on any atom is 0.391 e. The Kier molecular flexibility index (Phi) is 4.51. The Bertz CT molecular complexity index is 342. The number of halogens is 3. The first-order valence-electron chi connectivity index (χ1n) is 8.55. The zero-order chi connectivity index (χ0) is 14.9. The molecule has 1 saturated heterocycles. The van der Waals surface area contributed by atoms with Crippen molar-refractivity contribution in [2.75, 3.05) is 19.6 Å². The number of nitrogens with one attached hydrogen (secondary N) is 1. The number of piperazine rings is 1. The van der Waals surface area contributed by atoms with Crippen LogP contribution < -0.4 is 5.32 Å². The molecule has 2 nitrogen and oxygen atoms in total. The third-order valence-electron chi connectivity index (χ3n) is 5.93. The molecule has 122 valence electrons. The molecule has 1 aliphatic heterocycles. The highest BCUT2D eigenvalue weighted by molar-refractivity contribution is 5.01. The molecule has 5 heteroatoms. The Morgan fingerprint density at radius 2 is 1.76 bits per heavy atom. The average molecular weight is 304 g/mol. The van der Waals surface area contributed by atoms with Gasteiger partial charge in [-0.2, -0.15) is 13.2 Å². The Hall–Kier alpha value is -0.290. The number of hydrogen-bond donors (Lipinski definition) is 1. The van der Waals surface area contributed by atoms with Gasteiger partial charge in [-0.3, -0.25) is 4.90 Å². The molecule has 21 heavy (non-hydrogen) atoms. The fourth-order valence-corrected chi connectivity index (χ4v) is 4.85. The van der Waals surface area contributed by atoms with E-state index in [0.29, 0.717) is 12.8 Å². The largest absolute Gasteiger partial charge is 0.391 e. The normalized spacial score (nSPS) is 35.0. The van der Waals surface area contributed by atoms with Crippen molar-refractivity contribution in [1.29, 1.82) is 0 Å². The SMILES string of the molecule is FC(F)(F)C1CCCC(N2CCNCC23CCCCC3)C1. The summed E-state index contributed by atoms with van der Waals surface area (Å²) in [7, 11) is 0. The lowest BCUT2D eigenvalue weighted by Crippen LogP contribution is -2.65. The van der Waals surface area contributed by atoms with Gasteiger partial charge in [0, 0.05) is 31.2 Å². The van der Waals surface area contributed by atoms with E-state index in [1.165, 1.54) is 19.3 Å². The van der Waals surface area contributed by atoms with Gasteiger partial charge in [-0.25, -0.2) is 0 Å². The fourth-order valence-electron chi connectivity index (χ4n) is 4.85. The van der Waals surface area contributed by atoms with Gasteiger partial charge in [0.25, 0.3) is 0 Å². The van der Waals surface area contributed by atoms with Gasteiger partial charge in [0.2, 0.25) is 0 Å². The van der Waals surface area contributed by atoms with Crippen LogP contribution in [0.4, 0.5) is 13.2 Å². The van der Waals surface area contributed by atoms with Gasteiger partial charge in [0.1, 0.15) is 0 Å². The summed E-state index contributed by atoms with van der Waals surface area (Å²) in [5, 5.41) is 3.49. The fraction of sp³-hybridized carbons (Fsp3) is 1.00. The maximum atomic E-state index is 13.1. The Morgan fingerprint density at radius 3 is 2.48 bits per heavy atom. The van der Waals surface area contributed by atoms with Crippen LogP contribution in [-0.4, -0.2) is 42.3 Å². The van der Waals surface area contributed by atoms with Crippen LogP contribution in [0.15, 0.2) is 0 Å². The van der Waals surface area contributed by atoms with Gasteiger partial charge in [-0.05, 0) is 32.1 Å². The molecular weight excluding hydrogens is 277 g/mol. The average Bonchev–Trinajstić information content (AvgIpc) is 2.48. The molecule has 3 aliphatic rings. The van der Waals surface area contributed by atoms with Crippen molar-refractivity contribution in [3.8, 4) is 0 Å². The lowest BCUT2D eigenvalue weighted by Gasteiger charge is -2.54. The molecule has 2 saturated carbocycles. The first-order valence-corrected chi connectivity index (χ1v) is 8.55.